The van der Waals surface area contributed by atoms with Crippen LogP contribution in [0.25, 0.3) is 0 Å². The average molecular weight is 295 g/mol. The van der Waals surface area contributed by atoms with Gasteiger partial charge in [-0.3, -0.25) is 15.8 Å². The minimum Gasteiger partial charge on any atom is -0.486 e. The lowest BCUT2D eigenvalue weighted by molar-refractivity contribution is 0.300. The molecule has 2 heterocycles. The van der Waals surface area contributed by atoms with Crippen molar-refractivity contribution >= 4 is 21.6 Å². The summed E-state index contributed by atoms with van der Waals surface area (Å²) in [4.78, 5) is 8.18. The van der Waals surface area contributed by atoms with Gasteiger partial charge in [-0.1, -0.05) is 0 Å². The van der Waals surface area contributed by atoms with Crippen LogP contribution in [0.2, 0.25) is 0 Å². The highest BCUT2D eigenvalue weighted by Gasteiger charge is 1.99. The summed E-state index contributed by atoms with van der Waals surface area (Å²) in [5.74, 6) is 6.00. The molecule has 0 atom stereocenters. The standard InChI is InChI=1S/C11H11BrN4O/c12-8-3-11(6-14-5-8)17-7-10-4-9(16-13)1-2-15-10/h1-6H,7,13H2,(H,15,16). The monoisotopic (exact) mass is 294 g/mol. The van der Waals surface area contributed by atoms with Gasteiger partial charge in [0.2, 0.25) is 0 Å². The second-order valence-corrected chi connectivity index (χ2v) is 4.22. The summed E-state index contributed by atoms with van der Waals surface area (Å²) in [6, 6.07) is 5.45. The van der Waals surface area contributed by atoms with E-state index in [0.29, 0.717) is 12.4 Å². The number of nitrogens with zero attached hydrogens (tertiary/aromatic N) is 2. The molecule has 0 unspecified atom stereocenters. The zero-order valence-electron chi connectivity index (χ0n) is 8.93. The molecule has 0 saturated carbocycles. The van der Waals surface area contributed by atoms with Gasteiger partial charge in [0, 0.05) is 16.9 Å². The molecule has 0 aliphatic rings. The van der Waals surface area contributed by atoms with E-state index in [0.717, 1.165) is 15.9 Å². The highest BCUT2D eigenvalue weighted by Crippen LogP contribution is 2.17. The number of pyridine rings is 2. The molecular formula is C11H11BrN4O. The van der Waals surface area contributed by atoms with Gasteiger partial charge in [-0.15, -0.1) is 0 Å². The van der Waals surface area contributed by atoms with Crippen molar-refractivity contribution in [2.45, 2.75) is 6.61 Å². The Morgan fingerprint density at radius 3 is 3.00 bits per heavy atom. The zero-order valence-corrected chi connectivity index (χ0v) is 10.5. The van der Waals surface area contributed by atoms with Crippen LogP contribution in [-0.4, -0.2) is 9.97 Å². The van der Waals surface area contributed by atoms with E-state index in [4.69, 9.17) is 10.6 Å². The van der Waals surface area contributed by atoms with Gasteiger partial charge in [0.25, 0.3) is 0 Å². The van der Waals surface area contributed by atoms with E-state index in [9.17, 15) is 0 Å². The van der Waals surface area contributed by atoms with Gasteiger partial charge in [0.15, 0.2) is 0 Å². The number of hydrogen-bond donors (Lipinski definition) is 2. The molecule has 0 aliphatic carbocycles. The van der Waals surface area contributed by atoms with E-state index in [1.165, 1.54) is 0 Å². The summed E-state index contributed by atoms with van der Waals surface area (Å²) >= 11 is 3.33. The SMILES string of the molecule is NNc1ccnc(COc2cncc(Br)c2)c1. The topological polar surface area (TPSA) is 73.1 Å². The minimum atomic E-state index is 0.369. The number of hydrogen-bond acceptors (Lipinski definition) is 5. The van der Waals surface area contributed by atoms with E-state index in [1.54, 1.807) is 24.7 Å². The van der Waals surface area contributed by atoms with Gasteiger partial charge in [-0.2, -0.15) is 0 Å². The predicted molar refractivity (Wildman–Crippen MR) is 68.3 cm³/mol. The molecule has 2 aromatic rings. The number of aromatic nitrogens is 2. The van der Waals surface area contributed by atoms with Crippen molar-refractivity contribution in [2.75, 3.05) is 5.43 Å². The minimum absolute atomic E-state index is 0.369. The Bertz CT molecular complexity index is 506. The highest BCUT2D eigenvalue weighted by atomic mass is 79.9. The third-order valence-electron chi connectivity index (χ3n) is 2.05. The summed E-state index contributed by atoms with van der Waals surface area (Å²) in [5, 5.41) is 0. The van der Waals surface area contributed by atoms with E-state index >= 15 is 0 Å². The van der Waals surface area contributed by atoms with Crippen LogP contribution in [0.3, 0.4) is 0 Å². The van der Waals surface area contributed by atoms with Crippen molar-refractivity contribution in [3.8, 4) is 5.75 Å². The molecule has 17 heavy (non-hydrogen) atoms. The van der Waals surface area contributed by atoms with Crippen LogP contribution in [0, 0.1) is 0 Å². The van der Waals surface area contributed by atoms with Gasteiger partial charge < -0.3 is 10.2 Å². The largest absolute Gasteiger partial charge is 0.486 e. The number of rotatable bonds is 4. The Morgan fingerprint density at radius 2 is 2.24 bits per heavy atom. The first-order chi connectivity index (χ1) is 8.28. The van der Waals surface area contributed by atoms with Gasteiger partial charge in [-0.05, 0) is 34.1 Å². The Balaban J connectivity index is 2.02. The van der Waals surface area contributed by atoms with Crippen LogP contribution in [-0.2, 0) is 6.61 Å². The van der Waals surface area contributed by atoms with Crippen LogP contribution in [0.4, 0.5) is 5.69 Å². The van der Waals surface area contributed by atoms with E-state index < -0.39 is 0 Å². The molecule has 3 N–H and O–H groups in total. The van der Waals surface area contributed by atoms with Gasteiger partial charge in [-0.25, -0.2) is 0 Å². The van der Waals surface area contributed by atoms with Gasteiger partial charge in [0.1, 0.15) is 12.4 Å². The highest BCUT2D eigenvalue weighted by molar-refractivity contribution is 9.10. The van der Waals surface area contributed by atoms with Gasteiger partial charge in [0.05, 0.1) is 17.6 Å². The van der Waals surface area contributed by atoms with Crippen molar-refractivity contribution in [1.82, 2.24) is 9.97 Å². The lowest BCUT2D eigenvalue weighted by Gasteiger charge is -2.06. The average Bonchev–Trinajstić information content (AvgIpc) is 2.37. The number of hydrazine groups is 1. The maximum absolute atomic E-state index is 5.55. The third kappa shape index (κ3) is 3.40. The number of halogens is 1. The van der Waals surface area contributed by atoms with E-state index in [-0.39, 0.29) is 0 Å². The number of nitrogens with two attached hydrogens (primary N) is 1. The van der Waals surface area contributed by atoms with Crippen LogP contribution in [0.5, 0.6) is 5.75 Å². The maximum Gasteiger partial charge on any atom is 0.139 e. The maximum atomic E-state index is 5.55. The number of anilines is 1. The van der Waals surface area contributed by atoms with Crippen molar-refractivity contribution < 1.29 is 4.74 Å². The molecule has 88 valence electrons. The lowest BCUT2D eigenvalue weighted by Crippen LogP contribution is -2.08. The van der Waals surface area contributed by atoms with E-state index in [1.807, 2.05) is 12.1 Å². The molecule has 0 aliphatic heterocycles. The fourth-order valence-corrected chi connectivity index (χ4v) is 1.62. The Kier molecular flexibility index (Phi) is 3.89. The van der Waals surface area contributed by atoms with Crippen LogP contribution < -0.4 is 16.0 Å². The second kappa shape index (κ2) is 5.60. The molecule has 2 rings (SSSR count). The summed E-state index contributed by atoms with van der Waals surface area (Å²) in [5.41, 5.74) is 4.15. The molecule has 0 spiro atoms. The lowest BCUT2D eigenvalue weighted by atomic mass is 10.3. The first-order valence-electron chi connectivity index (χ1n) is 4.93. The normalized spacial score (nSPS) is 10.0. The van der Waals surface area contributed by atoms with Crippen LogP contribution in [0.15, 0.2) is 41.3 Å². The van der Waals surface area contributed by atoms with Crippen LogP contribution >= 0.6 is 15.9 Å². The second-order valence-electron chi connectivity index (χ2n) is 3.31. The molecule has 0 saturated heterocycles. The molecular weight excluding hydrogens is 284 g/mol. The predicted octanol–water partition coefficient (Wildman–Crippen LogP) is 2.10. The summed E-state index contributed by atoms with van der Waals surface area (Å²) in [6.07, 6.45) is 5.02. The Morgan fingerprint density at radius 1 is 1.35 bits per heavy atom. The summed E-state index contributed by atoms with van der Waals surface area (Å²) < 4.78 is 6.42. The van der Waals surface area contributed by atoms with Crippen molar-refractivity contribution in [1.29, 1.82) is 0 Å². The summed E-state index contributed by atoms with van der Waals surface area (Å²) in [6.45, 7) is 0.369. The first kappa shape index (κ1) is 11.8. The molecule has 5 nitrogen and oxygen atoms in total. The number of nitrogen functional groups attached to an aromatic ring is 1. The molecule has 0 bridgehead atoms. The fourth-order valence-electron chi connectivity index (χ4n) is 1.28. The molecule has 0 radical (unpaired) electrons. The Hall–Kier alpha value is -1.66. The van der Waals surface area contributed by atoms with Crippen molar-refractivity contribution in [2.24, 2.45) is 5.84 Å². The zero-order chi connectivity index (χ0) is 12.1. The van der Waals surface area contributed by atoms with Crippen molar-refractivity contribution in [3.05, 3.63) is 47.0 Å². The molecule has 0 aromatic carbocycles. The summed E-state index contributed by atoms with van der Waals surface area (Å²) in [7, 11) is 0. The molecule has 0 fully saturated rings. The molecule has 2 aromatic heterocycles. The van der Waals surface area contributed by atoms with Crippen molar-refractivity contribution in [3.63, 3.8) is 0 Å². The van der Waals surface area contributed by atoms with E-state index in [2.05, 4.69) is 31.3 Å². The first-order valence-corrected chi connectivity index (χ1v) is 5.72. The van der Waals surface area contributed by atoms with Crippen LogP contribution in [0.1, 0.15) is 5.69 Å². The smallest absolute Gasteiger partial charge is 0.139 e. The molecule has 6 heteroatoms. The number of nitrogens with one attached hydrogen (secondary N) is 1. The van der Waals surface area contributed by atoms with Gasteiger partial charge >= 0.3 is 0 Å². The number of ether oxygens (including phenoxy) is 1. The third-order valence-corrected chi connectivity index (χ3v) is 2.48. The Labute approximate surface area is 107 Å². The molecule has 0 amide bonds. The fraction of sp³-hybridized carbons (Fsp3) is 0.0909. The quantitative estimate of drug-likeness (QED) is 0.667.